The highest BCUT2D eigenvalue weighted by atomic mass is 32.2. The van der Waals surface area contributed by atoms with E-state index >= 15 is 0 Å². The summed E-state index contributed by atoms with van der Waals surface area (Å²) >= 11 is 1.61. The molecule has 0 fully saturated rings. The van der Waals surface area contributed by atoms with Crippen molar-refractivity contribution < 1.29 is 5.11 Å². The number of rotatable bonds is 4. The Hall–Kier alpha value is -1.85. The predicted octanol–water partition coefficient (Wildman–Crippen LogP) is 3.50. The zero-order valence-electron chi connectivity index (χ0n) is 12.0. The first-order chi connectivity index (χ1) is 10.2. The van der Waals surface area contributed by atoms with E-state index < -0.39 is 0 Å². The number of benzene rings is 1. The van der Waals surface area contributed by atoms with Crippen molar-refractivity contribution in [3.8, 4) is 0 Å². The zero-order valence-corrected chi connectivity index (χ0v) is 12.8. The number of nitrogens with zero attached hydrogens (tertiary/aromatic N) is 3. The van der Waals surface area contributed by atoms with Crippen molar-refractivity contribution in [1.29, 1.82) is 0 Å². The summed E-state index contributed by atoms with van der Waals surface area (Å²) in [5.41, 5.74) is 3.01. The highest BCUT2D eigenvalue weighted by molar-refractivity contribution is 7.99. The molecular weight excluding hydrogens is 282 g/mol. The van der Waals surface area contributed by atoms with Crippen molar-refractivity contribution in [3.05, 3.63) is 54.0 Å². The van der Waals surface area contributed by atoms with Gasteiger partial charge in [0.2, 0.25) is 0 Å². The van der Waals surface area contributed by atoms with Crippen LogP contribution in [-0.2, 0) is 6.61 Å². The molecule has 4 nitrogen and oxygen atoms in total. The van der Waals surface area contributed by atoms with E-state index in [4.69, 9.17) is 5.11 Å². The molecule has 0 saturated heterocycles. The van der Waals surface area contributed by atoms with Gasteiger partial charge in [0.25, 0.3) is 0 Å². The number of aliphatic hydroxyl groups excluding tert-OH is 1. The number of fused-ring (bicyclic) bond motifs is 1. The summed E-state index contributed by atoms with van der Waals surface area (Å²) < 4.78 is 1.88. The van der Waals surface area contributed by atoms with Crippen LogP contribution in [0.5, 0.6) is 0 Å². The molecule has 0 saturated carbocycles. The molecule has 3 aromatic rings. The number of hydrogen-bond donors (Lipinski definition) is 1. The minimum absolute atomic E-state index is 0.0686. The molecule has 0 aliphatic rings. The van der Waals surface area contributed by atoms with E-state index in [1.54, 1.807) is 18.0 Å². The second-order valence-electron chi connectivity index (χ2n) is 5.19. The molecule has 3 rings (SSSR count). The Kier molecular flexibility index (Phi) is 3.94. The topological polar surface area (TPSA) is 50.4 Å². The van der Waals surface area contributed by atoms with Gasteiger partial charge in [-0.05, 0) is 29.7 Å². The Morgan fingerprint density at radius 3 is 2.67 bits per heavy atom. The lowest BCUT2D eigenvalue weighted by Crippen LogP contribution is -1.92. The number of hydrogen-bond acceptors (Lipinski definition) is 4. The van der Waals surface area contributed by atoms with Crippen molar-refractivity contribution in [3.63, 3.8) is 0 Å². The molecule has 0 amide bonds. The van der Waals surface area contributed by atoms with Crippen LogP contribution >= 0.6 is 11.8 Å². The van der Waals surface area contributed by atoms with Crippen LogP contribution in [-0.4, -0.2) is 19.7 Å². The second-order valence-corrected chi connectivity index (χ2v) is 6.25. The van der Waals surface area contributed by atoms with E-state index in [2.05, 4.69) is 30.0 Å². The Balaban J connectivity index is 1.95. The molecule has 0 atom stereocenters. The molecule has 1 N–H and O–H groups in total. The van der Waals surface area contributed by atoms with Crippen LogP contribution in [0.1, 0.15) is 31.0 Å². The third-order valence-corrected chi connectivity index (χ3v) is 4.30. The molecule has 0 radical (unpaired) electrons. The molecule has 0 aliphatic heterocycles. The maximum absolute atomic E-state index is 9.08. The van der Waals surface area contributed by atoms with Crippen molar-refractivity contribution >= 4 is 17.3 Å². The highest BCUT2D eigenvalue weighted by Crippen LogP contribution is 2.30. The average molecular weight is 299 g/mol. The fourth-order valence-corrected chi connectivity index (χ4v) is 2.92. The monoisotopic (exact) mass is 299 g/mol. The summed E-state index contributed by atoms with van der Waals surface area (Å²) in [6, 6.07) is 9.96. The van der Waals surface area contributed by atoms with E-state index in [0.29, 0.717) is 5.92 Å². The van der Waals surface area contributed by atoms with Gasteiger partial charge in [-0.25, -0.2) is 9.50 Å². The first kappa shape index (κ1) is 14.1. The van der Waals surface area contributed by atoms with E-state index in [1.807, 2.05) is 35.0 Å². The fourth-order valence-electron chi connectivity index (χ4n) is 2.05. The maximum Gasteiger partial charge on any atom is 0.127 e. The van der Waals surface area contributed by atoms with E-state index in [1.165, 1.54) is 0 Å². The van der Waals surface area contributed by atoms with E-state index in [-0.39, 0.29) is 6.61 Å². The molecule has 0 spiro atoms. The standard InChI is InChI=1S/C16H17N3OS/c1-11(2)14-9-15-16(17-7-8-19(15)18-14)21-13-5-3-12(10-20)4-6-13/h3-9,11,20H,10H2,1-2H3. The molecule has 0 aliphatic carbocycles. The molecule has 1 aromatic carbocycles. The second kappa shape index (κ2) is 5.87. The molecule has 0 unspecified atom stereocenters. The van der Waals surface area contributed by atoms with Gasteiger partial charge in [-0.15, -0.1) is 0 Å². The van der Waals surface area contributed by atoms with Crippen LogP contribution in [0.3, 0.4) is 0 Å². The maximum atomic E-state index is 9.08. The summed E-state index contributed by atoms with van der Waals surface area (Å²) in [7, 11) is 0. The van der Waals surface area contributed by atoms with Crippen LogP contribution < -0.4 is 0 Å². The van der Waals surface area contributed by atoms with Crippen LogP contribution in [0.2, 0.25) is 0 Å². The third-order valence-electron chi connectivity index (χ3n) is 3.29. The van der Waals surface area contributed by atoms with Crippen LogP contribution in [0.25, 0.3) is 5.52 Å². The number of aromatic nitrogens is 3. The van der Waals surface area contributed by atoms with Crippen LogP contribution in [0.15, 0.2) is 52.6 Å². The van der Waals surface area contributed by atoms with Gasteiger partial charge in [0.05, 0.1) is 17.8 Å². The first-order valence-electron chi connectivity index (χ1n) is 6.89. The van der Waals surface area contributed by atoms with Gasteiger partial charge in [0, 0.05) is 17.3 Å². The Morgan fingerprint density at radius 1 is 1.24 bits per heavy atom. The molecule has 2 aromatic heterocycles. The van der Waals surface area contributed by atoms with Crippen LogP contribution in [0, 0.1) is 0 Å². The third kappa shape index (κ3) is 2.94. The van der Waals surface area contributed by atoms with Gasteiger partial charge in [0.15, 0.2) is 0 Å². The summed E-state index contributed by atoms with van der Waals surface area (Å²) in [6.07, 6.45) is 3.65. The molecule has 5 heteroatoms. The van der Waals surface area contributed by atoms with Crippen LogP contribution in [0.4, 0.5) is 0 Å². The largest absolute Gasteiger partial charge is 0.392 e. The van der Waals surface area contributed by atoms with Gasteiger partial charge in [-0.1, -0.05) is 37.7 Å². The molecule has 21 heavy (non-hydrogen) atoms. The normalized spacial score (nSPS) is 11.4. The summed E-state index contributed by atoms with van der Waals surface area (Å²) in [4.78, 5) is 5.57. The molecule has 108 valence electrons. The minimum atomic E-state index is 0.0686. The lowest BCUT2D eigenvalue weighted by atomic mass is 10.1. The van der Waals surface area contributed by atoms with Crippen molar-refractivity contribution in [2.24, 2.45) is 0 Å². The van der Waals surface area contributed by atoms with Gasteiger partial charge < -0.3 is 5.11 Å². The Labute approximate surface area is 127 Å². The van der Waals surface area contributed by atoms with Gasteiger partial charge in [-0.2, -0.15) is 5.10 Å². The quantitative estimate of drug-likeness (QED) is 0.801. The predicted molar refractivity (Wildman–Crippen MR) is 83.6 cm³/mol. The summed E-state index contributed by atoms with van der Waals surface area (Å²) in [6.45, 7) is 4.34. The average Bonchev–Trinajstić information content (AvgIpc) is 2.93. The molecule has 0 bridgehead atoms. The smallest absolute Gasteiger partial charge is 0.127 e. The SMILES string of the molecule is CC(C)c1cc2c(Sc3ccc(CO)cc3)nccn2n1. The number of aliphatic hydroxyl groups is 1. The van der Waals surface area contributed by atoms with Crippen molar-refractivity contribution in [2.75, 3.05) is 0 Å². The highest BCUT2D eigenvalue weighted by Gasteiger charge is 2.10. The lowest BCUT2D eigenvalue weighted by molar-refractivity contribution is 0.282. The van der Waals surface area contributed by atoms with Crippen molar-refractivity contribution in [1.82, 2.24) is 14.6 Å². The van der Waals surface area contributed by atoms with Gasteiger partial charge >= 0.3 is 0 Å². The van der Waals surface area contributed by atoms with Gasteiger partial charge in [0.1, 0.15) is 5.03 Å². The first-order valence-corrected chi connectivity index (χ1v) is 7.71. The van der Waals surface area contributed by atoms with Gasteiger partial charge in [-0.3, -0.25) is 0 Å². The molecule has 2 heterocycles. The molecular formula is C16H17N3OS. The zero-order chi connectivity index (χ0) is 14.8. The van der Waals surface area contributed by atoms with E-state index in [0.717, 1.165) is 26.7 Å². The summed E-state index contributed by atoms with van der Waals surface area (Å²) in [5.74, 6) is 0.395. The summed E-state index contributed by atoms with van der Waals surface area (Å²) in [5, 5.41) is 14.6. The van der Waals surface area contributed by atoms with Crippen molar-refractivity contribution in [2.45, 2.75) is 36.3 Å². The van der Waals surface area contributed by atoms with E-state index in [9.17, 15) is 0 Å². The Bertz CT molecular complexity index is 750. The minimum Gasteiger partial charge on any atom is -0.392 e. The Morgan fingerprint density at radius 2 is 2.00 bits per heavy atom. The lowest BCUT2D eigenvalue weighted by Gasteiger charge is -2.03. The fraction of sp³-hybridized carbons (Fsp3) is 0.250.